The smallest absolute Gasteiger partial charge is 0.180 e. The maximum Gasteiger partial charge on any atom is 0.180 e. The van der Waals surface area contributed by atoms with Crippen LogP contribution < -0.4 is 14.8 Å². The van der Waals surface area contributed by atoms with E-state index in [1.165, 1.54) is 5.56 Å². The molecule has 2 aromatic carbocycles. The van der Waals surface area contributed by atoms with Crippen LogP contribution in [0.1, 0.15) is 37.0 Å². The molecule has 0 radical (unpaired) electrons. The molecule has 4 nitrogen and oxygen atoms in total. The number of aliphatic hydroxyl groups excluding tert-OH is 1. The normalized spacial score (nSPS) is 12.0. The van der Waals surface area contributed by atoms with Gasteiger partial charge in [-0.25, -0.2) is 0 Å². The second-order valence-electron chi connectivity index (χ2n) is 6.28. The maximum absolute atomic E-state index is 9.30. The zero-order chi connectivity index (χ0) is 18.9. The first-order chi connectivity index (χ1) is 12.6. The number of halogens is 1. The van der Waals surface area contributed by atoms with E-state index >= 15 is 0 Å². The Morgan fingerprint density at radius 1 is 1.08 bits per heavy atom. The zero-order valence-corrected chi connectivity index (χ0v) is 16.5. The molecule has 0 unspecified atom stereocenters. The quantitative estimate of drug-likeness (QED) is 0.640. The first-order valence-electron chi connectivity index (χ1n) is 9.05. The van der Waals surface area contributed by atoms with Crippen LogP contribution in [0.5, 0.6) is 11.5 Å². The Hall–Kier alpha value is -1.75. The second-order valence-corrected chi connectivity index (χ2v) is 6.69. The fourth-order valence-electron chi connectivity index (χ4n) is 2.57. The van der Waals surface area contributed by atoms with Crippen LogP contribution in [0.3, 0.4) is 0 Å². The van der Waals surface area contributed by atoms with Gasteiger partial charge in [0.05, 0.1) is 18.2 Å². The monoisotopic (exact) mass is 377 g/mol. The van der Waals surface area contributed by atoms with E-state index in [-0.39, 0.29) is 12.6 Å². The van der Waals surface area contributed by atoms with E-state index in [2.05, 4.69) is 24.4 Å². The van der Waals surface area contributed by atoms with Gasteiger partial charge in [0.2, 0.25) is 0 Å². The minimum absolute atomic E-state index is 0.0711. The lowest BCUT2D eigenvalue weighted by atomic mass is 10.1. The number of aliphatic hydroxyl groups is 1. The fraction of sp³-hybridized carbons (Fsp3) is 0.429. The third-order valence-electron chi connectivity index (χ3n) is 4.18. The molecule has 0 aliphatic rings. The van der Waals surface area contributed by atoms with Crippen molar-refractivity contribution in [1.29, 1.82) is 0 Å². The standard InChI is InChI=1S/C21H28ClNO3/c1-4-18(13-24)23-12-17-10-19(22)21(20(11-17)25-5-2)26-14-16-8-6-15(3)7-9-16/h6-11,18,23-24H,4-5,12-14H2,1-3H3/t18-/m1/s1. The molecule has 2 aromatic rings. The number of ether oxygens (including phenoxy) is 2. The van der Waals surface area contributed by atoms with Crippen LogP contribution >= 0.6 is 11.6 Å². The number of rotatable bonds is 10. The van der Waals surface area contributed by atoms with Crippen LogP contribution in [0, 0.1) is 6.92 Å². The molecular weight excluding hydrogens is 350 g/mol. The SMILES string of the molecule is CCOc1cc(CN[C@H](CC)CO)cc(Cl)c1OCc1ccc(C)cc1. The van der Waals surface area contributed by atoms with Gasteiger partial charge in [-0.05, 0) is 43.5 Å². The Balaban J connectivity index is 2.13. The average Bonchev–Trinajstić information content (AvgIpc) is 2.63. The molecule has 0 bridgehead atoms. The van der Waals surface area contributed by atoms with Gasteiger partial charge in [0.1, 0.15) is 6.61 Å². The van der Waals surface area contributed by atoms with E-state index in [1.807, 2.05) is 38.1 Å². The third kappa shape index (κ3) is 5.90. The van der Waals surface area contributed by atoms with Crippen molar-refractivity contribution in [3.05, 3.63) is 58.1 Å². The Labute approximate surface area is 161 Å². The highest BCUT2D eigenvalue weighted by molar-refractivity contribution is 6.32. The molecule has 2 N–H and O–H groups in total. The Kier molecular flexibility index (Phi) is 8.23. The van der Waals surface area contributed by atoms with E-state index in [9.17, 15) is 5.11 Å². The molecule has 0 fully saturated rings. The van der Waals surface area contributed by atoms with Crippen molar-refractivity contribution in [3.8, 4) is 11.5 Å². The van der Waals surface area contributed by atoms with Crippen molar-refractivity contribution in [1.82, 2.24) is 5.32 Å². The minimum atomic E-state index is 0.0711. The summed E-state index contributed by atoms with van der Waals surface area (Å²) in [5, 5.41) is 13.1. The van der Waals surface area contributed by atoms with Crippen LogP contribution in [-0.4, -0.2) is 24.4 Å². The van der Waals surface area contributed by atoms with Gasteiger partial charge in [0, 0.05) is 12.6 Å². The van der Waals surface area contributed by atoms with E-state index < -0.39 is 0 Å². The molecule has 0 saturated heterocycles. The molecule has 0 heterocycles. The number of hydrogen-bond donors (Lipinski definition) is 2. The van der Waals surface area contributed by atoms with Gasteiger partial charge in [0.15, 0.2) is 11.5 Å². The van der Waals surface area contributed by atoms with Crippen LogP contribution in [0.4, 0.5) is 0 Å². The number of nitrogens with one attached hydrogen (secondary N) is 1. The molecule has 0 aliphatic heterocycles. The highest BCUT2D eigenvalue weighted by atomic mass is 35.5. The molecular formula is C21H28ClNO3. The second kappa shape index (κ2) is 10.4. The van der Waals surface area contributed by atoms with Crippen molar-refractivity contribution in [3.63, 3.8) is 0 Å². The lowest BCUT2D eigenvalue weighted by molar-refractivity contribution is 0.238. The van der Waals surface area contributed by atoms with Crippen LogP contribution in [-0.2, 0) is 13.2 Å². The molecule has 0 aromatic heterocycles. The molecule has 0 spiro atoms. The zero-order valence-electron chi connectivity index (χ0n) is 15.7. The Morgan fingerprint density at radius 2 is 1.81 bits per heavy atom. The summed E-state index contributed by atoms with van der Waals surface area (Å²) >= 11 is 6.46. The van der Waals surface area contributed by atoms with Crippen molar-refractivity contribution in [2.24, 2.45) is 0 Å². The summed E-state index contributed by atoms with van der Waals surface area (Å²) in [7, 11) is 0. The number of benzene rings is 2. The van der Waals surface area contributed by atoms with Gasteiger partial charge in [-0.2, -0.15) is 0 Å². The van der Waals surface area contributed by atoms with Crippen molar-refractivity contribution in [2.75, 3.05) is 13.2 Å². The molecule has 0 amide bonds. The lowest BCUT2D eigenvalue weighted by Gasteiger charge is -2.17. The predicted molar refractivity (Wildman–Crippen MR) is 106 cm³/mol. The minimum Gasteiger partial charge on any atom is -0.490 e. The van der Waals surface area contributed by atoms with Crippen molar-refractivity contribution in [2.45, 2.75) is 46.4 Å². The fourth-order valence-corrected chi connectivity index (χ4v) is 2.85. The topological polar surface area (TPSA) is 50.7 Å². The Morgan fingerprint density at radius 3 is 2.42 bits per heavy atom. The summed E-state index contributed by atoms with van der Waals surface area (Å²) in [4.78, 5) is 0. The molecule has 5 heteroatoms. The van der Waals surface area contributed by atoms with Crippen LogP contribution in [0.15, 0.2) is 36.4 Å². The molecule has 1 atom stereocenters. The van der Waals surface area contributed by atoms with E-state index in [0.717, 1.165) is 17.5 Å². The number of aryl methyl sites for hydroxylation is 1. The molecule has 26 heavy (non-hydrogen) atoms. The van der Waals surface area contributed by atoms with Gasteiger partial charge in [-0.15, -0.1) is 0 Å². The molecule has 0 aliphatic carbocycles. The highest BCUT2D eigenvalue weighted by Crippen LogP contribution is 2.37. The summed E-state index contributed by atoms with van der Waals surface area (Å²) in [6, 6.07) is 12.1. The van der Waals surface area contributed by atoms with Crippen molar-refractivity contribution >= 4 is 11.6 Å². The van der Waals surface area contributed by atoms with Gasteiger partial charge < -0.3 is 19.9 Å². The summed E-state index contributed by atoms with van der Waals surface area (Å²) in [5.41, 5.74) is 3.29. The van der Waals surface area contributed by atoms with Gasteiger partial charge in [-0.1, -0.05) is 48.4 Å². The van der Waals surface area contributed by atoms with Gasteiger partial charge in [-0.3, -0.25) is 0 Å². The summed E-state index contributed by atoms with van der Waals surface area (Å²) < 4.78 is 11.7. The van der Waals surface area contributed by atoms with Gasteiger partial charge >= 0.3 is 0 Å². The first kappa shape index (κ1) is 20.6. The van der Waals surface area contributed by atoms with Gasteiger partial charge in [0.25, 0.3) is 0 Å². The highest BCUT2D eigenvalue weighted by Gasteiger charge is 2.14. The predicted octanol–water partition coefficient (Wildman–Crippen LogP) is 4.49. The maximum atomic E-state index is 9.30. The largest absolute Gasteiger partial charge is 0.490 e. The van der Waals surface area contributed by atoms with Crippen LogP contribution in [0.2, 0.25) is 5.02 Å². The Bertz CT molecular complexity index is 684. The average molecular weight is 378 g/mol. The van der Waals surface area contributed by atoms with Crippen molar-refractivity contribution < 1.29 is 14.6 Å². The van der Waals surface area contributed by atoms with E-state index in [4.69, 9.17) is 21.1 Å². The summed E-state index contributed by atoms with van der Waals surface area (Å²) in [5.74, 6) is 1.20. The molecule has 2 rings (SSSR count). The lowest BCUT2D eigenvalue weighted by Crippen LogP contribution is -2.31. The third-order valence-corrected chi connectivity index (χ3v) is 4.46. The summed E-state index contributed by atoms with van der Waals surface area (Å²) in [6.45, 7) is 7.71. The number of hydrogen-bond acceptors (Lipinski definition) is 4. The molecule has 142 valence electrons. The van der Waals surface area contributed by atoms with E-state index in [1.54, 1.807) is 0 Å². The first-order valence-corrected chi connectivity index (χ1v) is 9.42. The molecule has 0 saturated carbocycles. The summed E-state index contributed by atoms with van der Waals surface area (Å²) in [6.07, 6.45) is 0.861. The van der Waals surface area contributed by atoms with E-state index in [0.29, 0.717) is 36.3 Å². The van der Waals surface area contributed by atoms with Crippen LogP contribution in [0.25, 0.3) is 0 Å².